The molecular formula is C15H18N4. The fourth-order valence-electron chi connectivity index (χ4n) is 2.02. The molecule has 0 aliphatic heterocycles. The van der Waals surface area contributed by atoms with Gasteiger partial charge in [-0.2, -0.15) is 10.4 Å². The fourth-order valence-corrected chi connectivity index (χ4v) is 2.02. The van der Waals surface area contributed by atoms with Crippen molar-refractivity contribution in [2.75, 3.05) is 5.73 Å². The van der Waals surface area contributed by atoms with E-state index in [1.807, 2.05) is 51.1 Å². The Hall–Kier alpha value is -2.28. The first kappa shape index (κ1) is 13.2. The van der Waals surface area contributed by atoms with Crippen molar-refractivity contribution in [2.24, 2.45) is 0 Å². The highest BCUT2D eigenvalue weighted by molar-refractivity contribution is 5.53. The van der Waals surface area contributed by atoms with E-state index in [2.05, 4.69) is 11.2 Å². The minimum atomic E-state index is -0.232. The van der Waals surface area contributed by atoms with Crippen molar-refractivity contribution in [1.82, 2.24) is 9.78 Å². The second-order valence-electron chi connectivity index (χ2n) is 5.56. The lowest BCUT2D eigenvalue weighted by Gasteiger charge is -2.20. The van der Waals surface area contributed by atoms with Crippen LogP contribution in [0.3, 0.4) is 0 Å². The van der Waals surface area contributed by atoms with Gasteiger partial charge in [-0.1, -0.05) is 30.3 Å². The molecule has 0 atom stereocenters. The Morgan fingerprint density at radius 3 is 2.42 bits per heavy atom. The van der Waals surface area contributed by atoms with Crippen molar-refractivity contribution in [3.05, 3.63) is 47.2 Å². The zero-order valence-electron chi connectivity index (χ0n) is 11.5. The third-order valence-corrected chi connectivity index (χ3v) is 2.96. The monoisotopic (exact) mass is 254 g/mol. The van der Waals surface area contributed by atoms with Crippen molar-refractivity contribution in [1.29, 1.82) is 5.26 Å². The van der Waals surface area contributed by atoms with Crippen LogP contribution in [0.1, 0.15) is 37.6 Å². The van der Waals surface area contributed by atoms with Gasteiger partial charge in [0.1, 0.15) is 17.5 Å². The molecule has 0 radical (unpaired) electrons. The Labute approximate surface area is 113 Å². The number of nitriles is 1. The predicted molar refractivity (Wildman–Crippen MR) is 75.6 cm³/mol. The zero-order chi connectivity index (χ0) is 14.0. The molecule has 0 amide bonds. The van der Waals surface area contributed by atoms with E-state index >= 15 is 0 Å². The molecule has 0 bridgehead atoms. The molecule has 0 saturated heterocycles. The van der Waals surface area contributed by atoms with Crippen LogP contribution in [0.5, 0.6) is 0 Å². The fraction of sp³-hybridized carbons (Fsp3) is 0.333. The van der Waals surface area contributed by atoms with Gasteiger partial charge in [0.15, 0.2) is 0 Å². The number of rotatable bonds is 2. The molecule has 4 nitrogen and oxygen atoms in total. The van der Waals surface area contributed by atoms with Gasteiger partial charge in [0.25, 0.3) is 0 Å². The first-order valence-electron chi connectivity index (χ1n) is 6.25. The number of nitrogens with zero attached hydrogens (tertiary/aromatic N) is 3. The van der Waals surface area contributed by atoms with Crippen LogP contribution in [-0.2, 0) is 12.0 Å². The number of hydrogen-bond donors (Lipinski definition) is 1. The van der Waals surface area contributed by atoms with Gasteiger partial charge in [-0.25, -0.2) is 4.68 Å². The quantitative estimate of drug-likeness (QED) is 0.895. The minimum Gasteiger partial charge on any atom is -0.383 e. The summed E-state index contributed by atoms with van der Waals surface area (Å²) in [6.45, 7) is 6.05. The number of nitrogen functional groups attached to an aromatic ring is 1. The summed E-state index contributed by atoms with van der Waals surface area (Å²) in [7, 11) is 0. The topological polar surface area (TPSA) is 67.6 Å². The van der Waals surface area contributed by atoms with Crippen LogP contribution in [0.25, 0.3) is 0 Å². The lowest BCUT2D eigenvalue weighted by molar-refractivity contribution is 0.359. The predicted octanol–water partition coefficient (Wildman–Crippen LogP) is 2.68. The third-order valence-electron chi connectivity index (χ3n) is 2.96. The van der Waals surface area contributed by atoms with Crippen LogP contribution in [-0.4, -0.2) is 9.78 Å². The molecule has 0 aliphatic rings. The highest BCUT2D eigenvalue weighted by atomic mass is 15.3. The lowest BCUT2D eigenvalue weighted by atomic mass is 10.1. The van der Waals surface area contributed by atoms with Crippen molar-refractivity contribution in [2.45, 2.75) is 32.7 Å². The average Bonchev–Trinajstić information content (AvgIpc) is 2.67. The maximum absolute atomic E-state index is 9.27. The molecule has 2 N–H and O–H groups in total. The molecule has 0 saturated carbocycles. The van der Waals surface area contributed by atoms with E-state index in [1.165, 1.54) is 0 Å². The molecule has 0 aliphatic carbocycles. The number of nitrogens with two attached hydrogens (primary N) is 1. The normalized spacial score (nSPS) is 11.3. The van der Waals surface area contributed by atoms with Gasteiger partial charge in [-0.05, 0) is 26.3 Å². The van der Waals surface area contributed by atoms with Gasteiger partial charge < -0.3 is 5.73 Å². The lowest BCUT2D eigenvalue weighted by Crippen LogP contribution is -2.25. The third kappa shape index (κ3) is 2.60. The molecular weight excluding hydrogens is 236 g/mol. The maximum Gasteiger partial charge on any atom is 0.140 e. The van der Waals surface area contributed by atoms with Gasteiger partial charge in [0, 0.05) is 6.42 Å². The molecule has 0 unspecified atom stereocenters. The molecule has 1 aromatic heterocycles. The van der Waals surface area contributed by atoms with Crippen LogP contribution in [0, 0.1) is 11.3 Å². The molecule has 0 fully saturated rings. The smallest absolute Gasteiger partial charge is 0.140 e. The Kier molecular flexibility index (Phi) is 3.30. The van der Waals surface area contributed by atoms with Crippen molar-refractivity contribution in [3.63, 3.8) is 0 Å². The Bertz CT molecular complexity index is 612. The highest BCUT2D eigenvalue weighted by Crippen LogP contribution is 2.25. The second kappa shape index (κ2) is 4.77. The molecule has 19 heavy (non-hydrogen) atoms. The standard InChI is InChI=1S/C15H18N4/c1-15(2,3)19-14(17)12(10-16)13(18-19)9-11-7-5-4-6-8-11/h4-8H,9,17H2,1-3H3. The molecule has 98 valence electrons. The number of benzene rings is 1. The maximum atomic E-state index is 9.27. The van der Waals surface area contributed by atoms with Gasteiger partial charge in [-0.15, -0.1) is 0 Å². The van der Waals surface area contributed by atoms with Crippen molar-refractivity contribution < 1.29 is 0 Å². The minimum absolute atomic E-state index is 0.232. The summed E-state index contributed by atoms with van der Waals surface area (Å²) in [4.78, 5) is 0. The van der Waals surface area contributed by atoms with Crippen molar-refractivity contribution >= 4 is 5.82 Å². The van der Waals surface area contributed by atoms with E-state index in [0.717, 1.165) is 11.3 Å². The van der Waals surface area contributed by atoms with E-state index in [-0.39, 0.29) is 5.54 Å². The molecule has 4 heteroatoms. The van der Waals surface area contributed by atoms with Gasteiger partial charge in [-0.3, -0.25) is 0 Å². The molecule has 2 rings (SSSR count). The van der Waals surface area contributed by atoms with E-state index in [0.29, 0.717) is 17.8 Å². The summed E-state index contributed by atoms with van der Waals surface area (Å²) >= 11 is 0. The van der Waals surface area contributed by atoms with Crippen LogP contribution in [0.2, 0.25) is 0 Å². The summed E-state index contributed by atoms with van der Waals surface area (Å²) < 4.78 is 1.73. The SMILES string of the molecule is CC(C)(C)n1nc(Cc2ccccc2)c(C#N)c1N. The van der Waals surface area contributed by atoms with Crippen molar-refractivity contribution in [3.8, 4) is 6.07 Å². The summed E-state index contributed by atoms with van der Waals surface area (Å²) in [5, 5.41) is 13.8. The summed E-state index contributed by atoms with van der Waals surface area (Å²) in [5.41, 5.74) is 8.15. The van der Waals surface area contributed by atoms with E-state index in [1.54, 1.807) is 4.68 Å². The Morgan fingerprint density at radius 1 is 1.26 bits per heavy atom. The highest BCUT2D eigenvalue weighted by Gasteiger charge is 2.23. The first-order chi connectivity index (χ1) is 8.93. The summed E-state index contributed by atoms with van der Waals surface area (Å²) in [6, 6.07) is 12.1. The second-order valence-corrected chi connectivity index (χ2v) is 5.56. The number of hydrogen-bond acceptors (Lipinski definition) is 3. The van der Waals surface area contributed by atoms with Crippen LogP contribution in [0.15, 0.2) is 30.3 Å². The summed E-state index contributed by atoms with van der Waals surface area (Å²) in [6.07, 6.45) is 0.622. The zero-order valence-corrected chi connectivity index (χ0v) is 11.5. The molecule has 1 aromatic carbocycles. The average molecular weight is 254 g/mol. The van der Waals surface area contributed by atoms with Crippen LogP contribution >= 0.6 is 0 Å². The number of anilines is 1. The molecule has 0 spiro atoms. The Balaban J connectivity index is 2.45. The Morgan fingerprint density at radius 2 is 1.89 bits per heavy atom. The molecule has 2 aromatic rings. The van der Waals surface area contributed by atoms with Crippen LogP contribution < -0.4 is 5.73 Å². The van der Waals surface area contributed by atoms with E-state index < -0.39 is 0 Å². The summed E-state index contributed by atoms with van der Waals surface area (Å²) in [5.74, 6) is 0.445. The molecule has 1 heterocycles. The van der Waals surface area contributed by atoms with E-state index in [9.17, 15) is 5.26 Å². The number of aromatic nitrogens is 2. The van der Waals surface area contributed by atoms with Gasteiger partial charge >= 0.3 is 0 Å². The largest absolute Gasteiger partial charge is 0.383 e. The van der Waals surface area contributed by atoms with Crippen LogP contribution in [0.4, 0.5) is 5.82 Å². The van der Waals surface area contributed by atoms with Gasteiger partial charge in [0.05, 0.1) is 11.2 Å². The first-order valence-corrected chi connectivity index (χ1v) is 6.25. The van der Waals surface area contributed by atoms with E-state index in [4.69, 9.17) is 5.73 Å². The van der Waals surface area contributed by atoms with Gasteiger partial charge in [0.2, 0.25) is 0 Å².